The van der Waals surface area contributed by atoms with Crippen LogP contribution in [0.15, 0.2) is 52.5 Å². The number of rotatable bonds is 4. The zero-order valence-corrected chi connectivity index (χ0v) is 11.6. The molecule has 0 N–H and O–H groups in total. The molecular formula is C15H11N4O3-. The summed E-state index contributed by atoms with van der Waals surface area (Å²) in [5, 5.41) is 22.4. The normalized spacial score (nSPS) is 11.1. The Hall–Kier alpha value is -3.22. The van der Waals surface area contributed by atoms with Crippen LogP contribution in [0, 0.1) is 6.92 Å². The summed E-state index contributed by atoms with van der Waals surface area (Å²) in [6, 6.07) is 8.46. The van der Waals surface area contributed by atoms with E-state index in [1.54, 1.807) is 31.2 Å². The highest BCUT2D eigenvalue weighted by molar-refractivity contribution is 5.90. The van der Waals surface area contributed by atoms with Crippen LogP contribution >= 0.6 is 0 Å². The van der Waals surface area contributed by atoms with Gasteiger partial charge in [0.05, 0.1) is 12.2 Å². The van der Waals surface area contributed by atoms with E-state index in [0.717, 1.165) is 0 Å². The molecule has 110 valence electrons. The molecule has 7 heteroatoms. The van der Waals surface area contributed by atoms with Gasteiger partial charge in [0.15, 0.2) is 0 Å². The lowest BCUT2D eigenvalue weighted by Gasteiger charge is -2.10. The second kappa shape index (κ2) is 5.65. The smallest absolute Gasteiger partial charge is 0.147 e. The first-order valence-corrected chi connectivity index (χ1v) is 6.45. The van der Waals surface area contributed by atoms with Crippen molar-refractivity contribution in [3.8, 4) is 11.3 Å². The molecular weight excluding hydrogens is 284 g/mol. The maximum atomic E-state index is 11.1. The standard InChI is InChI=1S/C15H12N4O3/c1-10-12(3-2-4-13(10)15(20)21)14-6-5-11(22-14)7-18-19-8-16-17-9-19/h2-9H,1H3,(H,20,21)/p-1/b18-7-. The Balaban J connectivity index is 1.91. The van der Waals surface area contributed by atoms with Crippen LogP contribution in [0.5, 0.6) is 0 Å². The van der Waals surface area contributed by atoms with E-state index >= 15 is 0 Å². The van der Waals surface area contributed by atoms with Crippen LogP contribution in [0.1, 0.15) is 21.7 Å². The molecule has 0 unspecified atom stereocenters. The van der Waals surface area contributed by atoms with E-state index in [0.29, 0.717) is 22.6 Å². The Labute approximate surface area is 125 Å². The van der Waals surface area contributed by atoms with Crippen LogP contribution in [0.4, 0.5) is 0 Å². The first-order valence-electron chi connectivity index (χ1n) is 6.45. The summed E-state index contributed by atoms with van der Waals surface area (Å²) < 4.78 is 7.10. The summed E-state index contributed by atoms with van der Waals surface area (Å²) in [5.41, 5.74) is 1.44. The molecule has 0 bridgehead atoms. The molecule has 0 saturated carbocycles. The Morgan fingerprint density at radius 3 is 2.77 bits per heavy atom. The number of hydrogen-bond acceptors (Lipinski definition) is 6. The molecule has 0 atom stereocenters. The molecule has 0 saturated heterocycles. The Bertz CT molecular complexity index is 834. The predicted octanol–water partition coefficient (Wildman–Crippen LogP) is 1.09. The molecule has 7 nitrogen and oxygen atoms in total. The Kier molecular flexibility index (Phi) is 3.53. The molecule has 0 amide bonds. The molecule has 3 rings (SSSR count). The summed E-state index contributed by atoms with van der Waals surface area (Å²) in [6.07, 6.45) is 4.42. The molecule has 0 aliphatic carbocycles. The predicted molar refractivity (Wildman–Crippen MR) is 76.2 cm³/mol. The minimum absolute atomic E-state index is 0.147. The second-order valence-corrected chi connectivity index (χ2v) is 4.55. The van der Waals surface area contributed by atoms with Crippen LogP contribution in [0.2, 0.25) is 0 Å². The number of carbonyl (C=O) groups is 1. The summed E-state index contributed by atoms with van der Waals surface area (Å²) >= 11 is 0. The average Bonchev–Trinajstić information content (AvgIpc) is 3.16. The largest absolute Gasteiger partial charge is 0.545 e. The maximum absolute atomic E-state index is 11.1. The molecule has 0 fully saturated rings. The van der Waals surface area contributed by atoms with Crippen LogP contribution in [0.25, 0.3) is 11.3 Å². The highest BCUT2D eigenvalue weighted by Gasteiger charge is 2.10. The molecule has 0 spiro atoms. The van der Waals surface area contributed by atoms with Gasteiger partial charge in [0, 0.05) is 11.1 Å². The minimum Gasteiger partial charge on any atom is -0.545 e. The molecule has 0 aliphatic rings. The van der Waals surface area contributed by atoms with Crippen molar-refractivity contribution in [2.45, 2.75) is 6.92 Å². The van der Waals surface area contributed by atoms with E-state index < -0.39 is 5.97 Å². The quantitative estimate of drug-likeness (QED) is 0.671. The second-order valence-electron chi connectivity index (χ2n) is 4.55. The van der Waals surface area contributed by atoms with Crippen molar-refractivity contribution in [1.82, 2.24) is 14.9 Å². The van der Waals surface area contributed by atoms with Gasteiger partial charge < -0.3 is 14.3 Å². The lowest BCUT2D eigenvalue weighted by molar-refractivity contribution is -0.255. The third-order valence-electron chi connectivity index (χ3n) is 3.17. The highest BCUT2D eigenvalue weighted by atomic mass is 16.4. The summed E-state index contributed by atoms with van der Waals surface area (Å²) in [5.74, 6) is -0.118. The topological polar surface area (TPSA) is 96.3 Å². The lowest BCUT2D eigenvalue weighted by atomic mass is 10.0. The summed E-state index contributed by atoms with van der Waals surface area (Å²) in [4.78, 5) is 11.1. The number of aromatic carboxylic acids is 1. The van der Waals surface area contributed by atoms with Gasteiger partial charge in [0.1, 0.15) is 24.2 Å². The van der Waals surface area contributed by atoms with E-state index in [1.807, 2.05) is 0 Å². The number of hydrogen-bond donors (Lipinski definition) is 0. The Morgan fingerprint density at radius 2 is 2.05 bits per heavy atom. The third-order valence-corrected chi connectivity index (χ3v) is 3.17. The van der Waals surface area contributed by atoms with Crippen molar-refractivity contribution < 1.29 is 14.3 Å². The van der Waals surface area contributed by atoms with Crippen molar-refractivity contribution in [2.24, 2.45) is 5.10 Å². The zero-order chi connectivity index (χ0) is 15.5. The number of nitrogens with zero attached hydrogens (tertiary/aromatic N) is 4. The van der Waals surface area contributed by atoms with Crippen molar-refractivity contribution in [1.29, 1.82) is 0 Å². The van der Waals surface area contributed by atoms with Gasteiger partial charge >= 0.3 is 0 Å². The molecule has 2 aromatic heterocycles. The molecule has 22 heavy (non-hydrogen) atoms. The highest BCUT2D eigenvalue weighted by Crippen LogP contribution is 2.27. The van der Waals surface area contributed by atoms with Gasteiger partial charge in [-0.3, -0.25) is 0 Å². The van der Waals surface area contributed by atoms with Crippen molar-refractivity contribution in [3.63, 3.8) is 0 Å². The van der Waals surface area contributed by atoms with Gasteiger partial charge in [-0.1, -0.05) is 18.2 Å². The number of furan rings is 1. The number of carboxylic acid groups (broad SMARTS) is 1. The molecule has 3 aromatic rings. The van der Waals surface area contributed by atoms with Crippen molar-refractivity contribution in [3.05, 3.63) is 59.9 Å². The van der Waals surface area contributed by atoms with Gasteiger partial charge in [-0.25, -0.2) is 4.68 Å². The van der Waals surface area contributed by atoms with E-state index in [2.05, 4.69) is 15.3 Å². The molecule has 1 aromatic carbocycles. The maximum Gasteiger partial charge on any atom is 0.147 e. The molecule has 2 heterocycles. The van der Waals surface area contributed by atoms with Crippen molar-refractivity contribution in [2.75, 3.05) is 0 Å². The summed E-state index contributed by atoms with van der Waals surface area (Å²) in [7, 11) is 0. The summed E-state index contributed by atoms with van der Waals surface area (Å²) in [6.45, 7) is 1.72. The van der Waals surface area contributed by atoms with Crippen LogP contribution in [0.3, 0.4) is 0 Å². The fourth-order valence-corrected chi connectivity index (χ4v) is 2.07. The Morgan fingerprint density at radius 1 is 1.27 bits per heavy atom. The fraction of sp³-hybridized carbons (Fsp3) is 0.0667. The minimum atomic E-state index is -1.21. The number of benzene rings is 1. The van der Waals surface area contributed by atoms with E-state index in [4.69, 9.17) is 4.42 Å². The van der Waals surface area contributed by atoms with E-state index in [-0.39, 0.29) is 5.56 Å². The zero-order valence-electron chi connectivity index (χ0n) is 11.6. The van der Waals surface area contributed by atoms with Crippen LogP contribution < -0.4 is 5.11 Å². The van der Waals surface area contributed by atoms with Gasteiger partial charge in [0.25, 0.3) is 0 Å². The number of aromatic nitrogens is 3. The van der Waals surface area contributed by atoms with Crippen LogP contribution in [-0.4, -0.2) is 27.1 Å². The first kappa shape index (κ1) is 13.7. The van der Waals surface area contributed by atoms with Gasteiger partial charge in [-0.05, 0) is 24.6 Å². The number of carbonyl (C=O) groups excluding carboxylic acids is 1. The lowest BCUT2D eigenvalue weighted by Crippen LogP contribution is -2.23. The van der Waals surface area contributed by atoms with Gasteiger partial charge in [-0.15, -0.1) is 10.2 Å². The number of carboxylic acids is 1. The average molecular weight is 295 g/mol. The van der Waals surface area contributed by atoms with E-state index in [9.17, 15) is 9.90 Å². The monoisotopic (exact) mass is 295 g/mol. The molecule has 0 aliphatic heterocycles. The molecule has 0 radical (unpaired) electrons. The first-order chi connectivity index (χ1) is 10.6. The van der Waals surface area contributed by atoms with Crippen LogP contribution in [-0.2, 0) is 0 Å². The third kappa shape index (κ3) is 2.64. The SMILES string of the molecule is Cc1c(C(=O)[O-])cccc1-c1ccc(/C=N\n2cnnc2)o1. The fourth-order valence-electron chi connectivity index (χ4n) is 2.07. The van der Waals surface area contributed by atoms with Crippen molar-refractivity contribution >= 4 is 12.2 Å². The van der Waals surface area contributed by atoms with Gasteiger partial charge in [-0.2, -0.15) is 5.10 Å². The van der Waals surface area contributed by atoms with E-state index in [1.165, 1.54) is 29.6 Å². The van der Waals surface area contributed by atoms with Gasteiger partial charge in [0.2, 0.25) is 0 Å².